The van der Waals surface area contributed by atoms with Crippen LogP contribution in [-0.2, 0) is 13.2 Å². The Balaban J connectivity index is 2.50. The van der Waals surface area contributed by atoms with Gasteiger partial charge in [-0.25, -0.2) is 9.37 Å². The van der Waals surface area contributed by atoms with Crippen molar-refractivity contribution in [2.45, 2.75) is 6.18 Å². The minimum Gasteiger partial charge on any atom is -0.334 e. The van der Waals surface area contributed by atoms with Crippen molar-refractivity contribution >= 4 is 0 Å². The summed E-state index contributed by atoms with van der Waals surface area (Å²) in [6.45, 7) is 0. The van der Waals surface area contributed by atoms with E-state index >= 15 is 0 Å². The third-order valence-corrected chi connectivity index (χ3v) is 2.39. The summed E-state index contributed by atoms with van der Waals surface area (Å²) >= 11 is 0. The monoisotopic (exact) mass is 244 g/mol. The lowest BCUT2D eigenvalue weighted by atomic mass is 10.1. The van der Waals surface area contributed by atoms with Crippen molar-refractivity contribution in [1.29, 1.82) is 0 Å². The maximum atomic E-state index is 13.6. The fourth-order valence-electron chi connectivity index (χ4n) is 1.52. The third-order valence-electron chi connectivity index (χ3n) is 2.39. The van der Waals surface area contributed by atoms with Gasteiger partial charge in [0, 0.05) is 12.6 Å². The Morgan fingerprint density at radius 1 is 1.24 bits per heavy atom. The molecule has 2 aromatic rings. The van der Waals surface area contributed by atoms with E-state index in [4.69, 9.17) is 0 Å². The largest absolute Gasteiger partial charge is 0.416 e. The summed E-state index contributed by atoms with van der Waals surface area (Å²) in [4.78, 5) is 3.78. The Morgan fingerprint density at radius 2 is 1.94 bits per heavy atom. The number of halogens is 4. The van der Waals surface area contributed by atoms with E-state index in [1.807, 2.05) is 0 Å². The second kappa shape index (κ2) is 3.87. The second-order valence-electron chi connectivity index (χ2n) is 3.58. The Kier molecular flexibility index (Phi) is 2.65. The Hall–Kier alpha value is -1.85. The van der Waals surface area contributed by atoms with E-state index in [0.717, 1.165) is 12.1 Å². The second-order valence-corrected chi connectivity index (χ2v) is 3.58. The molecule has 0 fully saturated rings. The van der Waals surface area contributed by atoms with E-state index in [-0.39, 0.29) is 5.56 Å². The molecule has 0 aliphatic carbocycles. The van der Waals surface area contributed by atoms with Crippen molar-refractivity contribution in [3.8, 4) is 11.3 Å². The first kappa shape index (κ1) is 11.6. The number of imidazole rings is 1. The van der Waals surface area contributed by atoms with Gasteiger partial charge >= 0.3 is 6.18 Å². The molecule has 0 atom stereocenters. The lowest BCUT2D eigenvalue weighted by Gasteiger charge is -2.09. The first-order valence-electron chi connectivity index (χ1n) is 4.73. The van der Waals surface area contributed by atoms with Crippen molar-refractivity contribution in [1.82, 2.24) is 9.55 Å². The molecule has 1 aromatic carbocycles. The molecule has 1 aromatic heterocycles. The highest BCUT2D eigenvalue weighted by Gasteiger charge is 2.31. The highest BCUT2D eigenvalue weighted by molar-refractivity contribution is 5.60. The van der Waals surface area contributed by atoms with Crippen LogP contribution in [0.25, 0.3) is 11.3 Å². The van der Waals surface area contributed by atoms with Crippen LogP contribution in [0.15, 0.2) is 30.7 Å². The summed E-state index contributed by atoms with van der Waals surface area (Å²) in [6, 6.07) is 2.45. The van der Waals surface area contributed by atoms with Crippen LogP contribution in [-0.4, -0.2) is 9.55 Å². The minimum atomic E-state index is -4.54. The van der Waals surface area contributed by atoms with Gasteiger partial charge in [-0.2, -0.15) is 13.2 Å². The number of nitrogens with zero attached hydrogens (tertiary/aromatic N) is 2. The molecule has 0 unspecified atom stereocenters. The standard InChI is InChI=1S/C11H8F4N2/c1-17-6-16-5-10(17)8-3-2-7(4-9(8)12)11(13,14)15/h2-6H,1H3. The van der Waals surface area contributed by atoms with E-state index in [1.165, 1.54) is 17.1 Å². The van der Waals surface area contributed by atoms with E-state index in [2.05, 4.69) is 4.98 Å². The van der Waals surface area contributed by atoms with Crippen molar-refractivity contribution in [3.63, 3.8) is 0 Å². The highest BCUT2D eigenvalue weighted by Crippen LogP contribution is 2.32. The maximum Gasteiger partial charge on any atom is 0.416 e. The average molecular weight is 244 g/mol. The molecule has 2 rings (SSSR count). The summed E-state index contributed by atoms with van der Waals surface area (Å²) in [5, 5.41) is 0. The van der Waals surface area contributed by atoms with Gasteiger partial charge in [-0.1, -0.05) is 0 Å². The van der Waals surface area contributed by atoms with Gasteiger partial charge in [0.1, 0.15) is 5.82 Å². The average Bonchev–Trinajstić information content (AvgIpc) is 2.63. The summed E-state index contributed by atoms with van der Waals surface area (Å²) in [7, 11) is 1.64. The third kappa shape index (κ3) is 2.15. The molecular formula is C11H8F4N2. The topological polar surface area (TPSA) is 17.8 Å². The van der Waals surface area contributed by atoms with Gasteiger partial charge in [0.15, 0.2) is 0 Å². The molecule has 0 N–H and O–H groups in total. The molecule has 90 valence electrons. The molecule has 17 heavy (non-hydrogen) atoms. The molecule has 0 radical (unpaired) electrons. The molecule has 1 heterocycles. The van der Waals surface area contributed by atoms with Crippen LogP contribution >= 0.6 is 0 Å². The van der Waals surface area contributed by atoms with Crippen molar-refractivity contribution in [2.75, 3.05) is 0 Å². The van der Waals surface area contributed by atoms with Crippen molar-refractivity contribution in [3.05, 3.63) is 42.1 Å². The van der Waals surface area contributed by atoms with Crippen molar-refractivity contribution in [2.24, 2.45) is 7.05 Å². The van der Waals surface area contributed by atoms with Crippen LogP contribution in [0.4, 0.5) is 17.6 Å². The maximum absolute atomic E-state index is 13.6. The zero-order chi connectivity index (χ0) is 12.6. The zero-order valence-electron chi connectivity index (χ0n) is 8.79. The van der Waals surface area contributed by atoms with Gasteiger partial charge in [-0.05, 0) is 18.2 Å². The first-order chi connectivity index (χ1) is 7.89. The van der Waals surface area contributed by atoms with Gasteiger partial charge < -0.3 is 4.57 Å². The molecule has 0 aliphatic rings. The molecule has 0 bridgehead atoms. The molecule has 0 saturated carbocycles. The molecule has 0 saturated heterocycles. The molecule has 0 aliphatic heterocycles. The normalized spacial score (nSPS) is 11.8. The predicted octanol–water partition coefficient (Wildman–Crippen LogP) is 3.25. The lowest BCUT2D eigenvalue weighted by molar-refractivity contribution is -0.137. The minimum absolute atomic E-state index is 0.0954. The number of aromatic nitrogens is 2. The van der Waals surface area contributed by atoms with Gasteiger partial charge in [-0.15, -0.1) is 0 Å². The van der Waals surface area contributed by atoms with Gasteiger partial charge in [0.05, 0.1) is 23.8 Å². The molecule has 0 amide bonds. The van der Waals surface area contributed by atoms with E-state index in [0.29, 0.717) is 11.8 Å². The smallest absolute Gasteiger partial charge is 0.334 e. The molecule has 0 spiro atoms. The first-order valence-corrected chi connectivity index (χ1v) is 4.73. The molecular weight excluding hydrogens is 236 g/mol. The molecule has 2 nitrogen and oxygen atoms in total. The number of hydrogen-bond donors (Lipinski definition) is 0. The zero-order valence-corrected chi connectivity index (χ0v) is 8.79. The number of rotatable bonds is 1. The van der Waals surface area contributed by atoms with Crippen LogP contribution in [0.2, 0.25) is 0 Å². The summed E-state index contributed by atoms with van der Waals surface area (Å²) in [5.74, 6) is -0.913. The number of benzene rings is 1. The molecule has 6 heteroatoms. The number of hydrogen-bond acceptors (Lipinski definition) is 1. The van der Waals surface area contributed by atoms with Crippen LogP contribution in [0.3, 0.4) is 0 Å². The summed E-state index contributed by atoms with van der Waals surface area (Å²) in [6.07, 6.45) is -1.69. The van der Waals surface area contributed by atoms with Crippen LogP contribution in [0.1, 0.15) is 5.56 Å². The van der Waals surface area contributed by atoms with Gasteiger partial charge in [-0.3, -0.25) is 0 Å². The van der Waals surface area contributed by atoms with E-state index in [9.17, 15) is 17.6 Å². The van der Waals surface area contributed by atoms with Crippen molar-refractivity contribution < 1.29 is 17.6 Å². The van der Waals surface area contributed by atoms with Crippen LogP contribution < -0.4 is 0 Å². The van der Waals surface area contributed by atoms with Crippen LogP contribution in [0.5, 0.6) is 0 Å². The van der Waals surface area contributed by atoms with Crippen LogP contribution in [0, 0.1) is 5.82 Å². The summed E-state index contributed by atoms with van der Waals surface area (Å²) < 4.78 is 52.1. The Labute approximate surface area is 94.5 Å². The quantitative estimate of drug-likeness (QED) is 0.704. The highest BCUT2D eigenvalue weighted by atomic mass is 19.4. The number of alkyl halides is 3. The summed E-state index contributed by atoms with van der Waals surface area (Å²) in [5.41, 5.74) is -0.477. The van der Waals surface area contributed by atoms with Gasteiger partial charge in [0.2, 0.25) is 0 Å². The number of aryl methyl sites for hydroxylation is 1. The van der Waals surface area contributed by atoms with Gasteiger partial charge in [0.25, 0.3) is 0 Å². The Bertz CT molecular complexity index is 543. The lowest BCUT2D eigenvalue weighted by Crippen LogP contribution is -2.05. The fourth-order valence-corrected chi connectivity index (χ4v) is 1.52. The Morgan fingerprint density at radius 3 is 2.41 bits per heavy atom. The predicted molar refractivity (Wildman–Crippen MR) is 53.6 cm³/mol. The fraction of sp³-hybridized carbons (Fsp3) is 0.182. The van der Waals surface area contributed by atoms with E-state index in [1.54, 1.807) is 7.05 Å². The van der Waals surface area contributed by atoms with E-state index < -0.39 is 17.6 Å². The SMILES string of the molecule is Cn1cncc1-c1ccc(C(F)(F)F)cc1F.